The lowest BCUT2D eigenvalue weighted by Crippen LogP contribution is -2.39. The lowest BCUT2D eigenvalue weighted by atomic mass is 9.83. The monoisotopic (exact) mass is 445 g/mol. The number of rotatable bonds is 6. The molecule has 0 saturated carbocycles. The normalized spacial score (nSPS) is 19.5. The van der Waals surface area contributed by atoms with Crippen molar-refractivity contribution in [2.45, 2.75) is 33.2 Å². The third-order valence-electron chi connectivity index (χ3n) is 5.93. The molecule has 2 atom stereocenters. The van der Waals surface area contributed by atoms with Crippen LogP contribution in [0.2, 0.25) is 5.02 Å². The number of anilines is 2. The highest BCUT2D eigenvalue weighted by atomic mass is 35.5. The lowest BCUT2D eigenvalue weighted by molar-refractivity contribution is 0.121. The molecule has 5 nitrogen and oxygen atoms in total. The number of nitrogens with one attached hydrogen (secondary N) is 2. The van der Waals surface area contributed by atoms with E-state index in [0.717, 1.165) is 25.2 Å². The number of halogens is 3. The van der Waals surface area contributed by atoms with Gasteiger partial charge < -0.3 is 5.32 Å². The molecule has 0 radical (unpaired) electrons. The molecule has 1 saturated heterocycles. The number of H-pyrrole nitrogens is 1. The Morgan fingerprint density at radius 3 is 2.81 bits per heavy atom. The van der Waals surface area contributed by atoms with Gasteiger partial charge in [-0.3, -0.25) is 10.00 Å². The smallest absolute Gasteiger partial charge is 0.153 e. The number of pyridine rings is 1. The maximum Gasteiger partial charge on any atom is 0.153 e. The number of hydrogen-bond acceptors (Lipinski definition) is 4. The Morgan fingerprint density at radius 1 is 1.23 bits per heavy atom. The van der Waals surface area contributed by atoms with Crippen LogP contribution in [0.5, 0.6) is 0 Å². The molecule has 164 valence electrons. The maximum absolute atomic E-state index is 14.5. The van der Waals surface area contributed by atoms with E-state index in [1.807, 2.05) is 13.0 Å². The molecule has 4 rings (SSSR count). The molecule has 1 aliphatic heterocycles. The predicted molar refractivity (Wildman–Crippen MR) is 118 cm³/mol. The summed E-state index contributed by atoms with van der Waals surface area (Å²) in [6.07, 6.45) is 1.47. The van der Waals surface area contributed by atoms with E-state index < -0.39 is 0 Å². The Labute approximate surface area is 185 Å². The summed E-state index contributed by atoms with van der Waals surface area (Å²) in [6.45, 7) is 6.25. The first-order chi connectivity index (χ1) is 14.9. The molecular formula is C23H26ClF2N5. The Balaban J connectivity index is 1.39. The highest BCUT2D eigenvalue weighted by Gasteiger charge is 2.28. The molecule has 31 heavy (non-hydrogen) atoms. The van der Waals surface area contributed by atoms with Gasteiger partial charge >= 0.3 is 0 Å². The number of aryl methyl sites for hydroxylation is 1. The molecule has 1 fully saturated rings. The van der Waals surface area contributed by atoms with Crippen molar-refractivity contribution >= 4 is 23.2 Å². The summed E-state index contributed by atoms with van der Waals surface area (Å²) in [5, 5.41) is 10.3. The number of aromatic nitrogens is 3. The van der Waals surface area contributed by atoms with Crippen LogP contribution in [0, 0.1) is 30.4 Å². The fraction of sp³-hybridized carbons (Fsp3) is 0.391. The van der Waals surface area contributed by atoms with E-state index in [1.54, 1.807) is 24.3 Å². The van der Waals surface area contributed by atoms with E-state index in [-0.39, 0.29) is 16.7 Å². The highest BCUT2D eigenvalue weighted by Crippen LogP contribution is 2.29. The molecule has 0 unspecified atom stereocenters. The molecule has 2 N–H and O–H groups in total. The summed E-state index contributed by atoms with van der Waals surface area (Å²) in [4.78, 5) is 6.73. The number of likely N-dealkylation sites (tertiary alicyclic amines) is 1. The largest absolute Gasteiger partial charge is 0.323 e. The molecule has 2 aromatic heterocycles. The molecule has 3 heterocycles. The van der Waals surface area contributed by atoms with Crippen LogP contribution in [0.3, 0.4) is 0 Å². The van der Waals surface area contributed by atoms with Crippen molar-refractivity contribution in [3.05, 3.63) is 70.0 Å². The Bertz CT molecular complexity index is 1050. The van der Waals surface area contributed by atoms with E-state index in [1.165, 1.54) is 6.07 Å². The molecule has 1 aliphatic rings. The van der Waals surface area contributed by atoms with Crippen LogP contribution in [-0.4, -0.2) is 33.2 Å². The van der Waals surface area contributed by atoms with Gasteiger partial charge in [0.05, 0.1) is 10.7 Å². The minimum atomic E-state index is -0.346. The van der Waals surface area contributed by atoms with Gasteiger partial charge in [0.1, 0.15) is 17.5 Å². The Kier molecular flexibility index (Phi) is 6.53. The SMILES string of the molecule is Cc1cc(Nc2ccc(F)c(C[C@@H]3CCN(Cc4cccc(Cl)c4F)C[C@@H]3C)n2)n[nH]1. The number of piperidine rings is 1. The van der Waals surface area contributed by atoms with E-state index in [0.29, 0.717) is 47.7 Å². The third-order valence-corrected chi connectivity index (χ3v) is 6.22. The molecule has 1 aromatic carbocycles. The second-order valence-electron chi connectivity index (χ2n) is 8.36. The summed E-state index contributed by atoms with van der Waals surface area (Å²) in [5.74, 6) is 1.23. The van der Waals surface area contributed by atoms with Gasteiger partial charge in [0.2, 0.25) is 0 Å². The molecule has 8 heteroatoms. The Hall–Kier alpha value is -2.51. The zero-order chi connectivity index (χ0) is 22.0. The lowest BCUT2D eigenvalue weighted by Gasteiger charge is -2.37. The second kappa shape index (κ2) is 9.32. The molecular weight excluding hydrogens is 420 g/mol. The van der Waals surface area contributed by atoms with Crippen LogP contribution in [0.1, 0.15) is 30.3 Å². The van der Waals surface area contributed by atoms with Gasteiger partial charge in [-0.05, 0) is 56.3 Å². The number of benzene rings is 1. The van der Waals surface area contributed by atoms with Gasteiger partial charge in [-0.2, -0.15) is 5.10 Å². The van der Waals surface area contributed by atoms with E-state index in [2.05, 4.69) is 32.3 Å². The summed E-state index contributed by atoms with van der Waals surface area (Å²) >= 11 is 5.91. The van der Waals surface area contributed by atoms with Crippen molar-refractivity contribution in [1.29, 1.82) is 0 Å². The Morgan fingerprint density at radius 2 is 2.06 bits per heavy atom. The van der Waals surface area contributed by atoms with Gasteiger partial charge in [0.15, 0.2) is 5.82 Å². The summed E-state index contributed by atoms with van der Waals surface area (Å²) in [5.41, 5.74) is 2.00. The molecule has 0 amide bonds. The first-order valence-corrected chi connectivity index (χ1v) is 10.9. The number of nitrogens with zero attached hydrogens (tertiary/aromatic N) is 3. The summed E-state index contributed by atoms with van der Waals surface area (Å²) in [7, 11) is 0. The van der Waals surface area contributed by atoms with Crippen LogP contribution in [0.15, 0.2) is 36.4 Å². The van der Waals surface area contributed by atoms with Crippen molar-refractivity contribution in [2.75, 3.05) is 18.4 Å². The van der Waals surface area contributed by atoms with Crippen molar-refractivity contribution in [1.82, 2.24) is 20.1 Å². The quantitative estimate of drug-likeness (QED) is 0.526. The van der Waals surface area contributed by atoms with Crippen molar-refractivity contribution in [2.24, 2.45) is 11.8 Å². The zero-order valence-electron chi connectivity index (χ0n) is 17.6. The fourth-order valence-electron chi connectivity index (χ4n) is 4.20. The van der Waals surface area contributed by atoms with Crippen LogP contribution >= 0.6 is 11.6 Å². The van der Waals surface area contributed by atoms with E-state index in [4.69, 9.17) is 11.6 Å². The highest BCUT2D eigenvalue weighted by molar-refractivity contribution is 6.30. The van der Waals surface area contributed by atoms with Gasteiger partial charge in [-0.1, -0.05) is 30.7 Å². The summed E-state index contributed by atoms with van der Waals surface area (Å²) in [6, 6.07) is 10.0. The van der Waals surface area contributed by atoms with E-state index >= 15 is 0 Å². The van der Waals surface area contributed by atoms with Crippen molar-refractivity contribution < 1.29 is 8.78 Å². The topological polar surface area (TPSA) is 56.8 Å². The number of hydrogen-bond donors (Lipinski definition) is 2. The van der Waals surface area contributed by atoms with Gasteiger partial charge in [0, 0.05) is 30.4 Å². The van der Waals surface area contributed by atoms with Gasteiger partial charge in [-0.25, -0.2) is 13.8 Å². The van der Waals surface area contributed by atoms with Gasteiger partial charge in [-0.15, -0.1) is 0 Å². The summed E-state index contributed by atoms with van der Waals surface area (Å²) < 4.78 is 28.7. The number of aromatic amines is 1. The molecule has 0 spiro atoms. The van der Waals surface area contributed by atoms with Crippen LogP contribution in [0.4, 0.5) is 20.4 Å². The average Bonchev–Trinajstić information content (AvgIpc) is 3.14. The van der Waals surface area contributed by atoms with Gasteiger partial charge in [0.25, 0.3) is 0 Å². The van der Waals surface area contributed by atoms with Crippen LogP contribution in [-0.2, 0) is 13.0 Å². The first-order valence-electron chi connectivity index (χ1n) is 10.5. The van der Waals surface area contributed by atoms with E-state index in [9.17, 15) is 8.78 Å². The molecule has 3 aromatic rings. The molecule has 0 bridgehead atoms. The first kappa shape index (κ1) is 21.7. The van der Waals surface area contributed by atoms with Crippen LogP contribution < -0.4 is 5.32 Å². The van der Waals surface area contributed by atoms with Crippen molar-refractivity contribution in [3.8, 4) is 0 Å². The fourth-order valence-corrected chi connectivity index (χ4v) is 4.39. The van der Waals surface area contributed by atoms with Crippen LogP contribution in [0.25, 0.3) is 0 Å². The molecule has 0 aliphatic carbocycles. The maximum atomic E-state index is 14.5. The van der Waals surface area contributed by atoms with Crippen molar-refractivity contribution in [3.63, 3.8) is 0 Å². The average molecular weight is 446 g/mol. The zero-order valence-corrected chi connectivity index (χ0v) is 18.4. The predicted octanol–water partition coefficient (Wildman–Crippen LogP) is 5.49. The third kappa shape index (κ3) is 5.22. The minimum absolute atomic E-state index is 0.153. The second-order valence-corrected chi connectivity index (χ2v) is 8.77. The standard InChI is InChI=1S/C23H26ClF2N5/c1-14-12-31(13-17-4-3-5-18(24)23(17)26)9-8-16(14)11-20-19(25)6-7-21(27-20)28-22-10-15(2)29-30-22/h3-7,10,14,16H,8-9,11-13H2,1-2H3,(H2,27,28,29,30)/t14-,16-/m0/s1. The minimum Gasteiger partial charge on any atom is -0.323 e.